The first-order valence-electron chi connectivity index (χ1n) is 4.31. The third-order valence-corrected chi connectivity index (χ3v) is 1.79. The average molecular weight is 153 g/mol. The van der Waals surface area contributed by atoms with Gasteiger partial charge in [0.1, 0.15) is 0 Å². The van der Waals surface area contributed by atoms with Crippen molar-refractivity contribution in [3.63, 3.8) is 0 Å². The zero-order valence-corrected chi connectivity index (χ0v) is 8.07. The Labute approximate surface area is 70.2 Å². The fraction of sp³-hybridized carbons (Fsp3) is 0.600. The van der Waals surface area contributed by atoms with Crippen LogP contribution in [0.5, 0.6) is 0 Å². The summed E-state index contributed by atoms with van der Waals surface area (Å²) in [5, 5.41) is 3.27. The van der Waals surface area contributed by atoms with Crippen molar-refractivity contribution in [2.24, 2.45) is 0 Å². The van der Waals surface area contributed by atoms with Crippen LogP contribution in [0.2, 0.25) is 0 Å². The van der Waals surface area contributed by atoms with E-state index in [0.717, 1.165) is 12.8 Å². The topological polar surface area (TPSA) is 12.0 Å². The lowest BCUT2D eigenvalue weighted by Crippen LogP contribution is -2.03. The second kappa shape index (κ2) is 6.02. The van der Waals surface area contributed by atoms with Crippen molar-refractivity contribution in [2.45, 2.75) is 40.5 Å². The van der Waals surface area contributed by atoms with Gasteiger partial charge in [-0.25, -0.2) is 0 Å². The van der Waals surface area contributed by atoms with Crippen LogP contribution < -0.4 is 5.32 Å². The molecule has 0 spiro atoms. The summed E-state index contributed by atoms with van der Waals surface area (Å²) < 4.78 is 0. The van der Waals surface area contributed by atoms with E-state index in [1.165, 1.54) is 11.3 Å². The highest BCUT2D eigenvalue weighted by atomic mass is 14.8. The van der Waals surface area contributed by atoms with Gasteiger partial charge in [0.2, 0.25) is 0 Å². The Morgan fingerprint density at radius 2 is 1.91 bits per heavy atom. The predicted octanol–water partition coefficient (Wildman–Crippen LogP) is 3.20. The third kappa shape index (κ3) is 4.65. The first kappa shape index (κ1) is 10.3. The second-order valence-electron chi connectivity index (χ2n) is 2.66. The maximum Gasteiger partial charge on any atom is 0.0100 e. The van der Waals surface area contributed by atoms with Crippen molar-refractivity contribution in [1.82, 2.24) is 5.32 Å². The zero-order valence-electron chi connectivity index (χ0n) is 8.07. The van der Waals surface area contributed by atoms with E-state index in [9.17, 15) is 0 Å². The highest BCUT2D eigenvalue weighted by Gasteiger charge is 1.87. The fourth-order valence-corrected chi connectivity index (χ4v) is 0.707. The number of hydrogen-bond acceptors (Lipinski definition) is 1. The quantitative estimate of drug-likeness (QED) is 0.654. The van der Waals surface area contributed by atoms with Crippen LogP contribution in [0.15, 0.2) is 23.5 Å². The number of hydrogen-bond donors (Lipinski definition) is 1. The molecular formula is C10H19N. The summed E-state index contributed by atoms with van der Waals surface area (Å²) in [6, 6.07) is 0. The molecule has 11 heavy (non-hydrogen) atoms. The molecule has 0 heterocycles. The van der Waals surface area contributed by atoms with Crippen LogP contribution in [0.3, 0.4) is 0 Å². The first-order valence-corrected chi connectivity index (χ1v) is 4.31. The van der Waals surface area contributed by atoms with Crippen LogP contribution in [0.4, 0.5) is 0 Å². The third-order valence-electron chi connectivity index (χ3n) is 1.79. The fourth-order valence-electron chi connectivity index (χ4n) is 0.707. The largest absolute Gasteiger partial charge is 0.365 e. The molecule has 0 rings (SSSR count). The molecule has 0 unspecified atom stereocenters. The van der Waals surface area contributed by atoms with Gasteiger partial charge in [0.25, 0.3) is 0 Å². The lowest BCUT2D eigenvalue weighted by molar-refractivity contribution is 0.917. The number of allylic oxidation sites excluding steroid dienone is 3. The molecule has 0 aliphatic carbocycles. The Kier molecular flexibility index (Phi) is 5.63. The first-order chi connectivity index (χ1) is 5.24. The Morgan fingerprint density at radius 3 is 2.27 bits per heavy atom. The molecule has 0 fully saturated rings. The van der Waals surface area contributed by atoms with E-state index in [4.69, 9.17) is 0 Å². The van der Waals surface area contributed by atoms with Crippen LogP contribution >= 0.6 is 0 Å². The Morgan fingerprint density at radius 1 is 1.27 bits per heavy atom. The van der Waals surface area contributed by atoms with Crippen molar-refractivity contribution in [3.05, 3.63) is 23.5 Å². The van der Waals surface area contributed by atoms with Gasteiger partial charge in [-0.05, 0) is 32.9 Å². The minimum atomic E-state index is 1.07. The van der Waals surface area contributed by atoms with E-state index in [0.29, 0.717) is 0 Å². The number of nitrogens with one attached hydrogen (secondary N) is 1. The van der Waals surface area contributed by atoms with Gasteiger partial charge in [-0.3, -0.25) is 0 Å². The number of rotatable bonds is 4. The van der Waals surface area contributed by atoms with Gasteiger partial charge < -0.3 is 5.32 Å². The smallest absolute Gasteiger partial charge is 0.0100 e. The van der Waals surface area contributed by atoms with E-state index < -0.39 is 0 Å². The molecule has 0 saturated carbocycles. The van der Waals surface area contributed by atoms with Gasteiger partial charge in [0.05, 0.1) is 0 Å². The molecule has 0 aromatic carbocycles. The van der Waals surface area contributed by atoms with Gasteiger partial charge in [0.15, 0.2) is 0 Å². The molecule has 0 atom stereocenters. The SMILES string of the molecule is C/C=C(/CC)N/C=C(\C)CC. The molecule has 0 radical (unpaired) electrons. The standard InChI is InChI=1S/C10H19N/c1-5-9(4)8-11-10(6-2)7-3/h6,8,11H,5,7H2,1-4H3/b9-8+,10-6-. The molecule has 0 aliphatic heterocycles. The van der Waals surface area contributed by atoms with Gasteiger partial charge in [-0.2, -0.15) is 0 Å². The molecule has 0 saturated heterocycles. The minimum absolute atomic E-state index is 1.07. The summed E-state index contributed by atoms with van der Waals surface area (Å²) >= 11 is 0. The molecular weight excluding hydrogens is 134 g/mol. The Hall–Kier alpha value is -0.720. The lowest BCUT2D eigenvalue weighted by atomic mass is 10.2. The molecule has 0 bridgehead atoms. The van der Waals surface area contributed by atoms with E-state index >= 15 is 0 Å². The van der Waals surface area contributed by atoms with Crippen LogP contribution in [0.1, 0.15) is 40.5 Å². The van der Waals surface area contributed by atoms with Crippen molar-refractivity contribution in [2.75, 3.05) is 0 Å². The maximum absolute atomic E-state index is 3.27. The van der Waals surface area contributed by atoms with E-state index in [1.807, 2.05) is 0 Å². The molecule has 1 heteroatoms. The Balaban J connectivity index is 3.85. The molecule has 0 aromatic heterocycles. The van der Waals surface area contributed by atoms with E-state index in [1.54, 1.807) is 0 Å². The monoisotopic (exact) mass is 153 g/mol. The highest BCUT2D eigenvalue weighted by Crippen LogP contribution is 1.99. The van der Waals surface area contributed by atoms with E-state index in [2.05, 4.69) is 45.3 Å². The molecule has 1 N–H and O–H groups in total. The normalized spacial score (nSPS) is 13.5. The molecule has 0 aliphatic rings. The summed E-state index contributed by atoms with van der Waals surface area (Å²) in [5.41, 5.74) is 2.68. The van der Waals surface area contributed by atoms with Crippen molar-refractivity contribution in [3.8, 4) is 0 Å². The van der Waals surface area contributed by atoms with E-state index in [-0.39, 0.29) is 0 Å². The zero-order chi connectivity index (χ0) is 8.69. The second-order valence-corrected chi connectivity index (χ2v) is 2.66. The van der Waals surface area contributed by atoms with Crippen LogP contribution in [0.25, 0.3) is 0 Å². The van der Waals surface area contributed by atoms with Gasteiger partial charge in [-0.1, -0.05) is 25.5 Å². The average Bonchev–Trinajstić information content (AvgIpc) is 2.06. The predicted molar refractivity (Wildman–Crippen MR) is 51.2 cm³/mol. The summed E-state index contributed by atoms with van der Waals surface area (Å²) in [7, 11) is 0. The van der Waals surface area contributed by atoms with Crippen molar-refractivity contribution < 1.29 is 0 Å². The Bertz CT molecular complexity index is 154. The van der Waals surface area contributed by atoms with Crippen molar-refractivity contribution >= 4 is 0 Å². The molecule has 64 valence electrons. The molecule has 0 amide bonds. The van der Waals surface area contributed by atoms with Crippen LogP contribution in [-0.2, 0) is 0 Å². The lowest BCUT2D eigenvalue weighted by Gasteiger charge is -2.03. The van der Waals surface area contributed by atoms with Crippen LogP contribution in [-0.4, -0.2) is 0 Å². The summed E-state index contributed by atoms with van der Waals surface area (Å²) in [6.45, 7) is 8.50. The van der Waals surface area contributed by atoms with Gasteiger partial charge in [0, 0.05) is 5.70 Å². The van der Waals surface area contributed by atoms with Crippen LogP contribution in [0, 0.1) is 0 Å². The molecule has 1 nitrogen and oxygen atoms in total. The summed E-state index contributed by atoms with van der Waals surface area (Å²) in [4.78, 5) is 0. The van der Waals surface area contributed by atoms with Gasteiger partial charge in [-0.15, -0.1) is 0 Å². The molecule has 0 aromatic rings. The maximum atomic E-state index is 3.27. The van der Waals surface area contributed by atoms with Crippen molar-refractivity contribution in [1.29, 1.82) is 0 Å². The summed E-state index contributed by atoms with van der Waals surface area (Å²) in [6.07, 6.45) is 6.38. The van der Waals surface area contributed by atoms with Gasteiger partial charge >= 0.3 is 0 Å². The minimum Gasteiger partial charge on any atom is -0.365 e. The highest BCUT2D eigenvalue weighted by molar-refractivity contribution is 5.05. The summed E-state index contributed by atoms with van der Waals surface area (Å²) in [5.74, 6) is 0.